The first-order valence-electron chi connectivity index (χ1n) is 14.9. The van der Waals surface area contributed by atoms with Crippen molar-refractivity contribution in [2.75, 3.05) is 0 Å². The second-order valence-corrected chi connectivity index (χ2v) is 30.0. The van der Waals surface area contributed by atoms with E-state index in [1.54, 1.807) is 0 Å². The minimum atomic E-state index is -2.33. The lowest BCUT2D eigenvalue weighted by molar-refractivity contribution is 0.572. The number of furan rings is 2. The summed E-state index contributed by atoms with van der Waals surface area (Å²) in [5, 5.41) is 10.0. The average Bonchev–Trinajstić information content (AvgIpc) is 3.45. The minimum Gasteiger partial charge on any atom is -0.456 e. The highest BCUT2D eigenvalue weighted by Gasteiger charge is 2.40. The predicted octanol–water partition coefficient (Wildman–Crippen LogP) is 7.50. The summed E-state index contributed by atoms with van der Waals surface area (Å²) >= 11 is 0. The van der Waals surface area contributed by atoms with E-state index in [1.165, 1.54) is 53.4 Å². The number of hydrogen-bond acceptors (Lipinski definition) is 4. The Morgan fingerprint density at radius 1 is 0.429 bits per heavy atom. The molecule has 0 saturated carbocycles. The Labute approximate surface area is 252 Å². The van der Waals surface area contributed by atoms with Gasteiger partial charge in [0.25, 0.3) is 0 Å². The van der Waals surface area contributed by atoms with Gasteiger partial charge in [0.15, 0.2) is 0 Å². The normalized spacial score (nSPS) is 19.3. The van der Waals surface area contributed by atoms with Crippen molar-refractivity contribution in [3.8, 4) is 0 Å². The highest BCUT2D eigenvalue weighted by Crippen LogP contribution is 2.34. The molecule has 0 atom stereocenters. The van der Waals surface area contributed by atoms with Crippen LogP contribution in [-0.4, -0.2) is 33.3 Å². The van der Waals surface area contributed by atoms with Crippen LogP contribution in [0.1, 0.15) is 11.1 Å². The zero-order valence-corrected chi connectivity index (χ0v) is 30.4. The van der Waals surface area contributed by atoms with Crippen LogP contribution in [0, 0.1) is 13.8 Å². The number of hydrogen-bond donors (Lipinski definition) is 0. The summed E-state index contributed by atoms with van der Waals surface area (Å²) in [7, 11) is -9.24. The lowest BCUT2D eigenvalue weighted by Gasteiger charge is -2.36. The van der Waals surface area contributed by atoms with E-state index in [4.69, 9.17) is 17.1 Å². The largest absolute Gasteiger partial charge is 0.456 e. The topological polar surface area (TPSA) is 44.7 Å². The molecular weight excluding hydrogens is 585 g/mol. The summed E-state index contributed by atoms with van der Waals surface area (Å²) in [5.74, 6) is 0. The second-order valence-electron chi connectivity index (χ2n) is 14.1. The van der Waals surface area contributed by atoms with Crippen LogP contribution in [0.15, 0.2) is 69.5 Å². The molecule has 4 nitrogen and oxygen atoms in total. The fraction of sp³-hybridized carbons (Fsp3) is 0.294. The molecule has 0 saturated heterocycles. The highest BCUT2D eigenvalue weighted by atomic mass is 28.4. The Balaban J connectivity index is 1.56. The van der Waals surface area contributed by atoms with Gasteiger partial charge in [-0.25, -0.2) is 0 Å². The minimum absolute atomic E-state index is 0.932. The summed E-state index contributed by atoms with van der Waals surface area (Å²) in [5.41, 5.74) is 6.30. The van der Waals surface area contributed by atoms with Crippen molar-refractivity contribution in [1.82, 2.24) is 0 Å². The molecule has 216 valence electrons. The van der Waals surface area contributed by atoms with Crippen LogP contribution in [0.4, 0.5) is 0 Å². The monoisotopic (exact) mass is 624 g/mol. The second kappa shape index (κ2) is 8.90. The van der Waals surface area contributed by atoms with Gasteiger partial charge >= 0.3 is 0 Å². The molecule has 1 aliphatic heterocycles. The van der Waals surface area contributed by atoms with Gasteiger partial charge in [0, 0.05) is 21.5 Å². The van der Waals surface area contributed by atoms with E-state index in [9.17, 15) is 0 Å². The third-order valence-corrected chi connectivity index (χ3v) is 24.7. The molecule has 2 aromatic heterocycles. The Kier molecular flexibility index (Phi) is 5.95. The Hall–Kier alpha value is -2.73. The molecule has 8 bridgehead atoms. The summed E-state index contributed by atoms with van der Waals surface area (Å²) < 4.78 is 27.5. The number of benzene rings is 4. The highest BCUT2D eigenvalue weighted by molar-refractivity contribution is 6.98. The van der Waals surface area contributed by atoms with Gasteiger partial charge in [-0.2, -0.15) is 0 Å². The van der Waals surface area contributed by atoms with Crippen molar-refractivity contribution >= 4 is 97.9 Å². The summed E-state index contributed by atoms with van der Waals surface area (Å²) in [6.45, 7) is 23.3. The molecule has 42 heavy (non-hydrogen) atoms. The van der Waals surface area contributed by atoms with Crippen LogP contribution in [-0.2, 0) is 8.23 Å². The molecule has 0 radical (unpaired) electrons. The molecule has 1 aliphatic rings. The maximum Gasteiger partial charge on any atom is 0.206 e. The van der Waals surface area contributed by atoms with Gasteiger partial charge in [-0.05, 0) is 134 Å². The van der Waals surface area contributed by atoms with E-state index in [0.717, 1.165) is 22.3 Å². The van der Waals surface area contributed by atoms with Crippen LogP contribution in [0.2, 0.25) is 52.4 Å². The molecule has 0 unspecified atom stereocenters. The van der Waals surface area contributed by atoms with Crippen molar-refractivity contribution in [1.29, 1.82) is 0 Å². The smallest absolute Gasteiger partial charge is 0.206 e. The molecule has 0 amide bonds. The molecule has 4 aromatic carbocycles. The van der Waals surface area contributed by atoms with E-state index < -0.39 is 33.3 Å². The fourth-order valence-corrected chi connectivity index (χ4v) is 24.6. The zero-order chi connectivity index (χ0) is 30.0. The Bertz CT molecular complexity index is 1930. The quantitative estimate of drug-likeness (QED) is 0.164. The van der Waals surface area contributed by atoms with Crippen LogP contribution >= 0.6 is 0 Å². The number of fused-ring (bicyclic) bond motifs is 4. The third kappa shape index (κ3) is 4.11. The lowest BCUT2D eigenvalue weighted by atomic mass is 10.1. The first-order valence-corrected chi connectivity index (χ1v) is 26.6. The molecule has 6 aromatic rings. The van der Waals surface area contributed by atoms with E-state index in [-0.39, 0.29) is 0 Å². The summed E-state index contributed by atoms with van der Waals surface area (Å²) in [6, 6.07) is 22.3. The van der Waals surface area contributed by atoms with Crippen molar-refractivity contribution in [3.05, 3.63) is 71.8 Å². The maximum absolute atomic E-state index is 7.39. The zero-order valence-electron chi connectivity index (χ0n) is 26.4. The molecule has 0 aliphatic carbocycles. The number of aryl methyl sites for hydroxylation is 2. The molecule has 0 N–H and O–H groups in total. The standard InChI is InChI=1S/C34H40O4Si4/c1-21-31-17-15-29-33(21)25-19-23(11-13-27(25)35-29)39(3,4)37-40(5,6)24-12-14-28-26(20-24)34-22(2)32(18-16-30(34)36-28)42(9,10)38-41(31,7)8/h11-20H,1-10H3. The van der Waals surface area contributed by atoms with Gasteiger partial charge in [0.2, 0.25) is 33.3 Å². The fourth-order valence-electron chi connectivity index (χ4n) is 7.64. The van der Waals surface area contributed by atoms with E-state index in [1.807, 2.05) is 0 Å². The van der Waals surface area contributed by atoms with Crippen molar-refractivity contribution in [2.24, 2.45) is 0 Å². The van der Waals surface area contributed by atoms with Crippen LogP contribution in [0.25, 0.3) is 43.9 Å². The van der Waals surface area contributed by atoms with Crippen LogP contribution in [0.3, 0.4) is 0 Å². The molecule has 7 rings (SSSR count). The first kappa shape index (κ1) is 28.1. The van der Waals surface area contributed by atoms with Crippen LogP contribution < -0.4 is 20.7 Å². The first-order chi connectivity index (χ1) is 19.6. The SMILES string of the molecule is Cc1c2ccc3oc4ccc(cc4c13)[Si](C)(C)O[Si](C)(C)c1ccc3oc4ccc(c(C)c4c3c1)[Si](C)(C)O[Si]2(C)C. The van der Waals surface area contributed by atoms with Gasteiger partial charge in [-0.3, -0.25) is 0 Å². The molecular formula is C34H40O4Si4. The predicted molar refractivity (Wildman–Crippen MR) is 188 cm³/mol. The van der Waals surface area contributed by atoms with E-state index in [0.29, 0.717) is 0 Å². The molecule has 0 spiro atoms. The maximum atomic E-state index is 7.39. The van der Waals surface area contributed by atoms with E-state index in [2.05, 4.69) is 127 Å². The van der Waals surface area contributed by atoms with Crippen molar-refractivity contribution in [2.45, 2.75) is 66.2 Å². The van der Waals surface area contributed by atoms with E-state index >= 15 is 0 Å². The van der Waals surface area contributed by atoms with Gasteiger partial charge in [0.1, 0.15) is 22.3 Å². The number of rotatable bonds is 0. The summed E-state index contributed by atoms with van der Waals surface area (Å²) in [4.78, 5) is 0. The van der Waals surface area contributed by atoms with Gasteiger partial charge in [-0.15, -0.1) is 0 Å². The molecule has 3 heterocycles. The van der Waals surface area contributed by atoms with Crippen LogP contribution in [0.5, 0.6) is 0 Å². The summed E-state index contributed by atoms with van der Waals surface area (Å²) in [6.07, 6.45) is 0. The van der Waals surface area contributed by atoms with Gasteiger partial charge < -0.3 is 17.1 Å². The molecule has 8 heteroatoms. The van der Waals surface area contributed by atoms with Crippen molar-refractivity contribution in [3.63, 3.8) is 0 Å². The molecule has 0 fully saturated rings. The average molecular weight is 625 g/mol. The Morgan fingerprint density at radius 3 is 1.19 bits per heavy atom. The van der Waals surface area contributed by atoms with Gasteiger partial charge in [0.05, 0.1) is 0 Å². The van der Waals surface area contributed by atoms with Crippen molar-refractivity contribution < 1.29 is 17.1 Å². The Morgan fingerprint density at radius 2 is 0.786 bits per heavy atom. The lowest BCUT2D eigenvalue weighted by Crippen LogP contribution is -2.58. The van der Waals surface area contributed by atoms with Gasteiger partial charge in [-0.1, -0.05) is 24.3 Å². The third-order valence-electron chi connectivity index (χ3n) is 9.50.